The van der Waals surface area contributed by atoms with Crippen molar-refractivity contribution in [2.45, 2.75) is 39.3 Å². The molecule has 0 radical (unpaired) electrons. The zero-order chi connectivity index (χ0) is 25.1. The van der Waals surface area contributed by atoms with Gasteiger partial charge < -0.3 is 9.84 Å². The third-order valence-electron chi connectivity index (χ3n) is 5.90. The summed E-state index contributed by atoms with van der Waals surface area (Å²) in [5.74, 6) is -2.32. The number of hydrogen-bond acceptors (Lipinski definition) is 5. The van der Waals surface area contributed by atoms with E-state index in [9.17, 15) is 19.5 Å². The molecule has 1 amide bonds. The molecule has 1 fully saturated rings. The van der Waals surface area contributed by atoms with Crippen LogP contribution in [0.1, 0.15) is 53.9 Å². The molecule has 0 saturated carbocycles. The van der Waals surface area contributed by atoms with E-state index in [1.54, 1.807) is 56.3 Å². The molecular formula is C29H27NO5. The molecule has 1 aliphatic rings. The van der Waals surface area contributed by atoms with Crippen LogP contribution in [0.2, 0.25) is 0 Å². The SMILES string of the molecule is CCc1ccc(/C(O)=C2\C(=O)C(=O)N(c3cccc(C(=O)OC(C)C)c3)C2c2ccccc2)cc1. The number of carbonyl (C=O) groups excluding carboxylic acids is 3. The van der Waals surface area contributed by atoms with Crippen LogP contribution in [-0.4, -0.2) is 28.9 Å². The lowest BCUT2D eigenvalue weighted by molar-refractivity contribution is -0.132. The van der Waals surface area contributed by atoms with Crippen molar-refractivity contribution >= 4 is 29.1 Å². The first-order chi connectivity index (χ1) is 16.8. The molecule has 1 atom stereocenters. The van der Waals surface area contributed by atoms with E-state index in [4.69, 9.17) is 4.74 Å². The minimum Gasteiger partial charge on any atom is -0.507 e. The van der Waals surface area contributed by atoms with E-state index in [0.29, 0.717) is 16.8 Å². The molecule has 0 aliphatic carbocycles. The number of ether oxygens (including phenoxy) is 1. The molecule has 3 aromatic rings. The van der Waals surface area contributed by atoms with Crippen LogP contribution in [0.25, 0.3) is 5.76 Å². The summed E-state index contributed by atoms with van der Waals surface area (Å²) in [6.45, 7) is 5.53. The molecule has 0 spiro atoms. The molecule has 1 aliphatic heterocycles. The van der Waals surface area contributed by atoms with E-state index in [1.165, 1.54) is 11.0 Å². The van der Waals surface area contributed by atoms with E-state index in [1.807, 2.05) is 37.3 Å². The average Bonchev–Trinajstić information content (AvgIpc) is 3.14. The molecular weight excluding hydrogens is 442 g/mol. The van der Waals surface area contributed by atoms with Crippen molar-refractivity contribution in [2.24, 2.45) is 0 Å². The number of anilines is 1. The molecule has 3 aromatic carbocycles. The van der Waals surface area contributed by atoms with Crippen molar-refractivity contribution in [1.29, 1.82) is 0 Å². The highest BCUT2D eigenvalue weighted by Gasteiger charge is 2.47. The predicted molar refractivity (Wildman–Crippen MR) is 134 cm³/mol. The largest absolute Gasteiger partial charge is 0.507 e. The Labute approximate surface area is 204 Å². The monoisotopic (exact) mass is 469 g/mol. The number of amides is 1. The lowest BCUT2D eigenvalue weighted by atomic mass is 9.94. The van der Waals surface area contributed by atoms with Crippen molar-refractivity contribution in [3.8, 4) is 0 Å². The Balaban J connectivity index is 1.86. The fourth-order valence-electron chi connectivity index (χ4n) is 4.17. The van der Waals surface area contributed by atoms with Crippen molar-refractivity contribution in [3.05, 3.63) is 107 Å². The lowest BCUT2D eigenvalue weighted by Crippen LogP contribution is -2.29. The summed E-state index contributed by atoms with van der Waals surface area (Å²) in [5, 5.41) is 11.2. The molecule has 0 bridgehead atoms. The number of Topliss-reactive ketones (excluding diaryl/α,β-unsaturated/α-hetero) is 1. The van der Waals surface area contributed by atoms with Crippen molar-refractivity contribution in [1.82, 2.24) is 0 Å². The summed E-state index contributed by atoms with van der Waals surface area (Å²) >= 11 is 0. The van der Waals surface area contributed by atoms with Gasteiger partial charge in [0.1, 0.15) is 5.76 Å². The van der Waals surface area contributed by atoms with Crippen LogP contribution in [0.5, 0.6) is 0 Å². The van der Waals surface area contributed by atoms with Crippen molar-refractivity contribution < 1.29 is 24.2 Å². The average molecular weight is 470 g/mol. The van der Waals surface area contributed by atoms with E-state index in [2.05, 4.69) is 0 Å². The second kappa shape index (κ2) is 9.97. The van der Waals surface area contributed by atoms with E-state index < -0.39 is 23.7 Å². The van der Waals surface area contributed by atoms with E-state index >= 15 is 0 Å². The normalized spacial score (nSPS) is 17.1. The number of aryl methyl sites for hydroxylation is 1. The Hall–Kier alpha value is -4.19. The summed E-state index contributed by atoms with van der Waals surface area (Å²) in [6, 6.07) is 21.9. The number of esters is 1. The van der Waals surface area contributed by atoms with Gasteiger partial charge in [-0.3, -0.25) is 14.5 Å². The minimum atomic E-state index is -0.863. The van der Waals surface area contributed by atoms with Crippen LogP contribution in [0, 0.1) is 0 Å². The minimum absolute atomic E-state index is 0.000563. The smallest absolute Gasteiger partial charge is 0.338 e. The van der Waals surface area contributed by atoms with Crippen molar-refractivity contribution in [3.63, 3.8) is 0 Å². The number of benzene rings is 3. The number of aliphatic hydroxyl groups excluding tert-OH is 1. The van der Waals surface area contributed by atoms with Gasteiger partial charge in [-0.1, -0.05) is 67.6 Å². The number of carbonyl (C=O) groups is 3. The molecule has 1 unspecified atom stereocenters. The van der Waals surface area contributed by atoms with Crippen LogP contribution < -0.4 is 4.90 Å². The number of rotatable bonds is 6. The van der Waals surface area contributed by atoms with Gasteiger partial charge in [-0.15, -0.1) is 0 Å². The summed E-state index contributed by atoms with van der Waals surface area (Å²) < 4.78 is 5.29. The quantitative estimate of drug-likeness (QED) is 0.225. The van der Waals surface area contributed by atoms with Gasteiger partial charge in [0.05, 0.1) is 23.3 Å². The molecule has 6 nitrogen and oxygen atoms in total. The number of ketones is 1. The first-order valence-corrected chi connectivity index (χ1v) is 11.6. The highest BCUT2D eigenvalue weighted by molar-refractivity contribution is 6.51. The standard InChI is InChI=1S/C29H27NO5/c1-4-19-13-15-21(16-14-19)26(31)24-25(20-9-6-5-7-10-20)30(28(33)27(24)32)23-12-8-11-22(17-23)29(34)35-18(2)3/h5-18,25,31H,4H2,1-3H3/b26-24+. The number of hydrogen-bond donors (Lipinski definition) is 1. The van der Waals surface area contributed by atoms with Gasteiger partial charge in [0.2, 0.25) is 0 Å². The molecule has 0 aromatic heterocycles. The zero-order valence-corrected chi connectivity index (χ0v) is 19.9. The molecule has 1 saturated heterocycles. The summed E-state index contributed by atoms with van der Waals surface area (Å²) in [7, 11) is 0. The molecule has 35 heavy (non-hydrogen) atoms. The maximum atomic E-state index is 13.3. The molecule has 178 valence electrons. The van der Waals surface area contributed by atoms with Gasteiger partial charge in [0, 0.05) is 11.3 Å². The molecule has 1 heterocycles. The second-order valence-corrected chi connectivity index (χ2v) is 8.63. The maximum absolute atomic E-state index is 13.3. The highest BCUT2D eigenvalue weighted by Crippen LogP contribution is 2.42. The Bertz CT molecular complexity index is 1290. The third kappa shape index (κ3) is 4.73. The fourth-order valence-corrected chi connectivity index (χ4v) is 4.17. The van der Waals surface area contributed by atoms with Crippen LogP contribution in [0.15, 0.2) is 84.4 Å². The number of aliphatic hydroxyl groups is 1. The van der Waals surface area contributed by atoms with Crippen LogP contribution >= 0.6 is 0 Å². The van der Waals surface area contributed by atoms with Gasteiger partial charge >= 0.3 is 5.97 Å². The number of nitrogens with zero attached hydrogens (tertiary/aromatic N) is 1. The van der Waals surface area contributed by atoms with Crippen molar-refractivity contribution in [2.75, 3.05) is 4.90 Å². The van der Waals surface area contributed by atoms with Gasteiger partial charge in [-0.05, 0) is 49.6 Å². The lowest BCUT2D eigenvalue weighted by Gasteiger charge is -2.25. The van der Waals surface area contributed by atoms with Crippen LogP contribution in [0.3, 0.4) is 0 Å². The van der Waals surface area contributed by atoms with Gasteiger partial charge in [-0.2, -0.15) is 0 Å². The van der Waals surface area contributed by atoms with Crippen LogP contribution in [0.4, 0.5) is 5.69 Å². The Morgan fingerprint density at radius 1 is 0.943 bits per heavy atom. The summed E-state index contributed by atoms with van der Waals surface area (Å²) in [4.78, 5) is 40.4. The Morgan fingerprint density at radius 3 is 2.26 bits per heavy atom. The first-order valence-electron chi connectivity index (χ1n) is 11.6. The van der Waals surface area contributed by atoms with E-state index in [0.717, 1.165) is 12.0 Å². The Morgan fingerprint density at radius 2 is 1.63 bits per heavy atom. The van der Waals surface area contributed by atoms with Gasteiger partial charge in [0.15, 0.2) is 0 Å². The molecule has 1 N–H and O–H groups in total. The molecule has 6 heteroatoms. The Kier molecular flexibility index (Phi) is 6.82. The third-order valence-corrected chi connectivity index (χ3v) is 5.90. The first kappa shape index (κ1) is 24.0. The maximum Gasteiger partial charge on any atom is 0.338 e. The highest BCUT2D eigenvalue weighted by atomic mass is 16.5. The van der Waals surface area contributed by atoms with Gasteiger partial charge in [-0.25, -0.2) is 4.79 Å². The van der Waals surface area contributed by atoms with Gasteiger partial charge in [0.25, 0.3) is 11.7 Å². The predicted octanol–water partition coefficient (Wildman–Crippen LogP) is 5.44. The topological polar surface area (TPSA) is 83.9 Å². The van der Waals surface area contributed by atoms with Crippen LogP contribution in [-0.2, 0) is 20.7 Å². The van der Waals surface area contributed by atoms with E-state index in [-0.39, 0.29) is 23.0 Å². The summed E-state index contributed by atoms with van der Waals surface area (Å²) in [5.41, 5.74) is 2.83. The molecule has 4 rings (SSSR count). The summed E-state index contributed by atoms with van der Waals surface area (Å²) in [6.07, 6.45) is 0.536. The zero-order valence-electron chi connectivity index (χ0n) is 19.9. The second-order valence-electron chi connectivity index (χ2n) is 8.63. The fraction of sp³-hybridized carbons (Fsp3) is 0.207.